The summed E-state index contributed by atoms with van der Waals surface area (Å²) in [7, 11) is 5.74. The average molecular weight is 349 g/mol. The predicted octanol–water partition coefficient (Wildman–Crippen LogP) is 1.56. The van der Waals surface area contributed by atoms with Crippen LogP contribution in [0.15, 0.2) is 17.6 Å². The number of anilines is 2. The minimum atomic E-state index is -0.137. The maximum absolute atomic E-state index is 12.7. The second kappa shape index (κ2) is 6.46. The summed E-state index contributed by atoms with van der Waals surface area (Å²) in [6.07, 6.45) is 4.39. The zero-order valence-electron chi connectivity index (χ0n) is 14.7. The number of amides is 1. The van der Waals surface area contributed by atoms with Gasteiger partial charge in [0.05, 0.1) is 17.1 Å². The highest BCUT2D eigenvalue weighted by Crippen LogP contribution is 2.34. The van der Waals surface area contributed by atoms with E-state index >= 15 is 0 Å². The van der Waals surface area contributed by atoms with E-state index < -0.39 is 0 Å². The van der Waals surface area contributed by atoms with Crippen LogP contribution in [0.5, 0.6) is 0 Å². The van der Waals surface area contributed by atoms with Crippen LogP contribution in [-0.4, -0.2) is 56.3 Å². The summed E-state index contributed by atoms with van der Waals surface area (Å²) in [6, 6.07) is 0.228. The normalized spacial score (nSPS) is 18.0. The summed E-state index contributed by atoms with van der Waals surface area (Å²) >= 11 is 1.50. The summed E-state index contributed by atoms with van der Waals surface area (Å²) in [5.41, 5.74) is 0.852. The van der Waals surface area contributed by atoms with E-state index in [1.165, 1.54) is 11.8 Å². The number of aromatic nitrogens is 5. The van der Waals surface area contributed by atoms with Crippen LogP contribution in [0.25, 0.3) is 0 Å². The largest absolute Gasteiger partial charge is 0.347 e. The van der Waals surface area contributed by atoms with E-state index in [9.17, 15) is 4.79 Å². The molecule has 0 saturated carbocycles. The molecule has 1 aliphatic rings. The van der Waals surface area contributed by atoms with Gasteiger partial charge in [-0.2, -0.15) is 5.10 Å². The van der Waals surface area contributed by atoms with Crippen molar-refractivity contribution in [3.63, 3.8) is 0 Å². The lowest BCUT2D eigenvalue weighted by atomic mass is 10.4. The van der Waals surface area contributed by atoms with Gasteiger partial charge in [0, 0.05) is 39.9 Å². The van der Waals surface area contributed by atoms with Crippen molar-refractivity contribution in [3.05, 3.63) is 12.4 Å². The number of thioether (sulfide) groups is 1. The Morgan fingerprint density at radius 1 is 1.33 bits per heavy atom. The lowest BCUT2D eigenvalue weighted by Crippen LogP contribution is -2.28. The van der Waals surface area contributed by atoms with E-state index in [-0.39, 0.29) is 17.2 Å². The molecule has 0 radical (unpaired) electrons. The number of rotatable bonds is 5. The van der Waals surface area contributed by atoms with Gasteiger partial charge >= 0.3 is 0 Å². The highest BCUT2D eigenvalue weighted by atomic mass is 32.2. The Kier molecular flexibility index (Phi) is 4.53. The molecule has 9 heteroatoms. The zero-order valence-corrected chi connectivity index (χ0v) is 15.5. The summed E-state index contributed by atoms with van der Waals surface area (Å²) in [6.45, 7) is 4.90. The Hall–Kier alpha value is -2.03. The summed E-state index contributed by atoms with van der Waals surface area (Å²) < 4.78 is 3.78. The van der Waals surface area contributed by atoms with Crippen molar-refractivity contribution in [3.8, 4) is 0 Å². The fraction of sp³-hybridized carbons (Fsp3) is 0.600. The molecule has 1 atom stereocenters. The molecule has 2 aromatic rings. The summed E-state index contributed by atoms with van der Waals surface area (Å²) in [5, 5.41) is 13.4. The molecular weight excluding hydrogens is 326 g/mol. The van der Waals surface area contributed by atoms with E-state index in [0.717, 1.165) is 23.2 Å². The molecule has 1 amide bonds. The smallest absolute Gasteiger partial charge is 0.240 e. The molecule has 1 saturated heterocycles. The van der Waals surface area contributed by atoms with Crippen molar-refractivity contribution >= 4 is 29.3 Å². The van der Waals surface area contributed by atoms with Crippen molar-refractivity contribution in [2.75, 3.05) is 30.4 Å². The quantitative estimate of drug-likeness (QED) is 0.816. The number of hydrogen-bond donors (Lipinski definition) is 0. The first-order valence-electron chi connectivity index (χ1n) is 7.97. The van der Waals surface area contributed by atoms with Crippen LogP contribution in [0, 0.1) is 0 Å². The predicted molar refractivity (Wildman–Crippen MR) is 94.6 cm³/mol. The van der Waals surface area contributed by atoms with Crippen molar-refractivity contribution in [2.24, 2.45) is 7.05 Å². The molecule has 24 heavy (non-hydrogen) atoms. The molecule has 0 aliphatic carbocycles. The highest BCUT2D eigenvalue weighted by molar-refractivity contribution is 8.00. The van der Waals surface area contributed by atoms with Gasteiger partial charge in [0.2, 0.25) is 11.9 Å². The minimum absolute atomic E-state index is 0.109. The second-order valence-electron chi connectivity index (χ2n) is 6.40. The van der Waals surface area contributed by atoms with Crippen LogP contribution in [0.2, 0.25) is 0 Å². The maximum atomic E-state index is 12.7. The SMILES string of the molecule is CC(C)n1c(S[C@@H]2CCN(c3cnn(C)c3)C2=O)nnc1N(C)C. The van der Waals surface area contributed by atoms with Crippen LogP contribution >= 0.6 is 11.8 Å². The molecule has 1 aliphatic heterocycles. The summed E-state index contributed by atoms with van der Waals surface area (Å²) in [5.74, 6) is 0.916. The first kappa shape index (κ1) is 16.8. The van der Waals surface area contributed by atoms with E-state index in [1.54, 1.807) is 15.8 Å². The first-order chi connectivity index (χ1) is 11.4. The molecule has 130 valence electrons. The maximum Gasteiger partial charge on any atom is 0.240 e. The number of carbonyl (C=O) groups is 1. The lowest BCUT2D eigenvalue weighted by Gasteiger charge is -2.18. The van der Waals surface area contributed by atoms with Crippen molar-refractivity contribution in [1.29, 1.82) is 0 Å². The van der Waals surface area contributed by atoms with Crippen LogP contribution in [0.3, 0.4) is 0 Å². The van der Waals surface area contributed by atoms with Gasteiger partial charge in [-0.1, -0.05) is 11.8 Å². The Labute approximate surface area is 145 Å². The van der Waals surface area contributed by atoms with Crippen LogP contribution in [0.1, 0.15) is 26.3 Å². The molecule has 0 N–H and O–H groups in total. The van der Waals surface area contributed by atoms with Crippen molar-refractivity contribution < 1.29 is 4.79 Å². The van der Waals surface area contributed by atoms with Gasteiger partial charge in [-0.15, -0.1) is 10.2 Å². The molecule has 0 aromatic carbocycles. The van der Waals surface area contributed by atoms with Gasteiger partial charge in [-0.25, -0.2) is 0 Å². The fourth-order valence-corrected chi connectivity index (χ4v) is 4.00. The number of hydrogen-bond acceptors (Lipinski definition) is 6. The number of carbonyl (C=O) groups excluding carboxylic acids is 1. The van der Waals surface area contributed by atoms with Gasteiger partial charge in [0.25, 0.3) is 0 Å². The molecule has 8 nitrogen and oxygen atoms in total. The molecular formula is C15H23N7OS. The molecule has 0 unspecified atom stereocenters. The van der Waals surface area contributed by atoms with Crippen molar-refractivity contribution in [1.82, 2.24) is 24.5 Å². The topological polar surface area (TPSA) is 72.1 Å². The highest BCUT2D eigenvalue weighted by Gasteiger charge is 2.35. The van der Waals surface area contributed by atoms with Crippen molar-refractivity contribution in [2.45, 2.75) is 36.7 Å². The molecule has 2 aromatic heterocycles. The monoisotopic (exact) mass is 349 g/mol. The third kappa shape index (κ3) is 3.00. The zero-order chi connectivity index (χ0) is 17.4. The van der Waals surface area contributed by atoms with Gasteiger partial charge in [0.1, 0.15) is 0 Å². The molecule has 1 fully saturated rings. The van der Waals surface area contributed by atoms with E-state index in [0.29, 0.717) is 6.54 Å². The van der Waals surface area contributed by atoms with Gasteiger partial charge < -0.3 is 9.80 Å². The first-order valence-corrected chi connectivity index (χ1v) is 8.85. The third-order valence-corrected chi connectivity index (χ3v) is 5.18. The Balaban J connectivity index is 1.79. The average Bonchev–Trinajstić information content (AvgIpc) is 3.19. The van der Waals surface area contributed by atoms with Gasteiger partial charge in [0.15, 0.2) is 5.16 Å². The van der Waals surface area contributed by atoms with Gasteiger partial charge in [-0.05, 0) is 20.3 Å². The Morgan fingerprint density at radius 2 is 2.08 bits per heavy atom. The number of aryl methyl sites for hydroxylation is 1. The number of nitrogens with zero attached hydrogens (tertiary/aromatic N) is 7. The van der Waals surface area contributed by atoms with E-state index in [4.69, 9.17) is 0 Å². The molecule has 3 heterocycles. The van der Waals surface area contributed by atoms with E-state index in [2.05, 4.69) is 33.7 Å². The standard InChI is InChI=1S/C15H23N7OS/c1-10(2)22-14(19(3)4)17-18-15(22)24-12-6-7-21(13(12)23)11-8-16-20(5)9-11/h8-10,12H,6-7H2,1-5H3/t12-/m1/s1. The Morgan fingerprint density at radius 3 is 2.67 bits per heavy atom. The molecule has 0 spiro atoms. The molecule has 3 rings (SSSR count). The summed E-state index contributed by atoms with van der Waals surface area (Å²) in [4.78, 5) is 16.5. The minimum Gasteiger partial charge on any atom is -0.347 e. The Bertz CT molecular complexity index is 736. The van der Waals surface area contributed by atoms with E-state index in [1.807, 2.05) is 32.2 Å². The molecule has 0 bridgehead atoms. The lowest BCUT2D eigenvalue weighted by molar-refractivity contribution is -0.116. The van der Waals surface area contributed by atoms with Crippen LogP contribution in [0.4, 0.5) is 11.6 Å². The third-order valence-electron chi connectivity index (χ3n) is 3.97. The van der Waals surface area contributed by atoms with Crippen LogP contribution < -0.4 is 9.80 Å². The second-order valence-corrected chi connectivity index (χ2v) is 7.57. The van der Waals surface area contributed by atoms with Gasteiger partial charge in [-0.3, -0.25) is 14.0 Å². The fourth-order valence-electron chi connectivity index (χ4n) is 2.80. The van der Waals surface area contributed by atoms with Crippen LogP contribution in [-0.2, 0) is 11.8 Å².